The number of aromatic nitrogens is 3. The zero-order chi connectivity index (χ0) is 20.9. The van der Waals surface area contributed by atoms with Crippen LogP contribution in [0.25, 0.3) is 0 Å². The molecule has 0 spiro atoms. The largest absolute Gasteiger partial charge is 0.379 e. The molecular formula is C21H26N6O2S. The van der Waals surface area contributed by atoms with Gasteiger partial charge in [-0.25, -0.2) is 13.6 Å². The van der Waals surface area contributed by atoms with Crippen LogP contribution >= 0.6 is 0 Å². The van der Waals surface area contributed by atoms with Gasteiger partial charge in [-0.1, -0.05) is 18.2 Å². The van der Waals surface area contributed by atoms with Crippen molar-refractivity contribution in [3.05, 3.63) is 59.2 Å². The van der Waals surface area contributed by atoms with Crippen LogP contribution in [0.5, 0.6) is 0 Å². The van der Waals surface area contributed by atoms with Crippen LogP contribution in [0.15, 0.2) is 47.4 Å². The standard InChI is InChI=1S/C21H26N6O2S/c1-15-11-16(2)13-18(12-15)23-21-24-20(25-26-21)22-14-17-3-5-19(6-4-17)30(28)27-7-9-29-10-8-27/h3-6,11-13H,7-10,14H2,1-2H3,(H3,22,23,24,25,26). The molecule has 3 N–H and O–H groups in total. The molecule has 0 saturated carbocycles. The molecule has 3 aromatic rings. The molecule has 1 fully saturated rings. The fraction of sp³-hybridized carbons (Fsp3) is 0.333. The number of nitrogens with zero attached hydrogens (tertiary/aromatic N) is 3. The SMILES string of the molecule is Cc1cc(C)cc(Nc2nc(NCc3ccc(S(=O)N4CCOCC4)cc3)n[nH]2)c1. The minimum Gasteiger partial charge on any atom is -0.379 e. The molecule has 30 heavy (non-hydrogen) atoms. The summed E-state index contributed by atoms with van der Waals surface area (Å²) in [5, 5.41) is 13.5. The Morgan fingerprint density at radius 1 is 1.10 bits per heavy atom. The fourth-order valence-electron chi connectivity index (χ4n) is 3.35. The Labute approximate surface area is 178 Å². The van der Waals surface area contributed by atoms with Gasteiger partial charge in [-0.2, -0.15) is 4.98 Å². The topological polar surface area (TPSA) is 95.2 Å². The van der Waals surface area contributed by atoms with Crippen LogP contribution in [-0.2, 0) is 22.3 Å². The molecule has 0 aliphatic carbocycles. The van der Waals surface area contributed by atoms with Crippen molar-refractivity contribution in [1.82, 2.24) is 19.5 Å². The van der Waals surface area contributed by atoms with Gasteiger partial charge in [0, 0.05) is 25.3 Å². The number of morpholine rings is 1. The van der Waals surface area contributed by atoms with E-state index in [2.05, 4.69) is 57.9 Å². The van der Waals surface area contributed by atoms with Crippen molar-refractivity contribution >= 4 is 28.6 Å². The number of hydrogen-bond donors (Lipinski definition) is 3. The smallest absolute Gasteiger partial charge is 0.243 e. The second-order valence-electron chi connectivity index (χ2n) is 7.30. The maximum Gasteiger partial charge on any atom is 0.243 e. The summed E-state index contributed by atoms with van der Waals surface area (Å²) in [6, 6.07) is 14.0. The third-order valence-electron chi connectivity index (χ3n) is 4.75. The minimum absolute atomic E-state index is 0.517. The van der Waals surface area contributed by atoms with Gasteiger partial charge in [0.1, 0.15) is 11.0 Å². The zero-order valence-corrected chi connectivity index (χ0v) is 18.0. The van der Waals surface area contributed by atoms with E-state index in [1.807, 2.05) is 28.6 Å². The van der Waals surface area contributed by atoms with E-state index >= 15 is 0 Å². The number of nitrogens with one attached hydrogen (secondary N) is 3. The highest BCUT2D eigenvalue weighted by atomic mass is 32.2. The predicted molar refractivity (Wildman–Crippen MR) is 118 cm³/mol. The first-order chi connectivity index (χ1) is 14.6. The van der Waals surface area contributed by atoms with Crippen molar-refractivity contribution in [3.63, 3.8) is 0 Å². The molecule has 2 heterocycles. The number of rotatable bonds is 7. The Bertz CT molecular complexity index is 994. The number of hydrogen-bond acceptors (Lipinski definition) is 6. The lowest BCUT2D eigenvalue weighted by Gasteiger charge is -2.25. The lowest BCUT2D eigenvalue weighted by molar-refractivity contribution is 0.0752. The van der Waals surface area contributed by atoms with E-state index in [-0.39, 0.29) is 0 Å². The van der Waals surface area contributed by atoms with Crippen LogP contribution in [-0.4, -0.2) is 50.0 Å². The van der Waals surface area contributed by atoms with E-state index in [4.69, 9.17) is 4.74 Å². The molecule has 158 valence electrons. The summed E-state index contributed by atoms with van der Waals surface area (Å²) in [4.78, 5) is 5.24. The van der Waals surface area contributed by atoms with E-state index < -0.39 is 11.0 Å². The number of ether oxygens (including phenoxy) is 1. The van der Waals surface area contributed by atoms with E-state index in [1.165, 1.54) is 11.1 Å². The molecule has 1 aliphatic rings. The number of benzene rings is 2. The van der Waals surface area contributed by atoms with Crippen molar-refractivity contribution in [1.29, 1.82) is 0 Å². The molecule has 0 amide bonds. The van der Waals surface area contributed by atoms with Crippen molar-refractivity contribution in [2.75, 3.05) is 36.9 Å². The summed E-state index contributed by atoms with van der Waals surface area (Å²) in [5.74, 6) is 1.10. The molecule has 4 rings (SSSR count). The number of aryl methyl sites for hydroxylation is 2. The molecule has 0 radical (unpaired) electrons. The first-order valence-electron chi connectivity index (χ1n) is 9.92. The number of anilines is 3. The molecule has 1 atom stereocenters. The molecule has 8 nitrogen and oxygen atoms in total. The van der Waals surface area contributed by atoms with Gasteiger partial charge in [-0.3, -0.25) is 0 Å². The predicted octanol–water partition coefficient (Wildman–Crippen LogP) is 3.13. The second kappa shape index (κ2) is 9.38. The number of H-pyrrole nitrogens is 1. The van der Waals surface area contributed by atoms with Crippen molar-refractivity contribution < 1.29 is 8.95 Å². The molecule has 0 bridgehead atoms. The summed E-state index contributed by atoms with van der Waals surface area (Å²) < 4.78 is 19.9. The van der Waals surface area contributed by atoms with Crippen LogP contribution in [0.3, 0.4) is 0 Å². The van der Waals surface area contributed by atoms with Crippen molar-refractivity contribution in [3.8, 4) is 0 Å². The molecule has 1 saturated heterocycles. The highest BCUT2D eigenvalue weighted by Gasteiger charge is 2.18. The van der Waals surface area contributed by atoms with Crippen LogP contribution in [0.1, 0.15) is 16.7 Å². The molecular weight excluding hydrogens is 400 g/mol. The van der Waals surface area contributed by atoms with Gasteiger partial charge >= 0.3 is 0 Å². The van der Waals surface area contributed by atoms with E-state index in [9.17, 15) is 4.21 Å². The Morgan fingerprint density at radius 3 is 2.50 bits per heavy atom. The molecule has 1 unspecified atom stereocenters. The highest BCUT2D eigenvalue weighted by molar-refractivity contribution is 7.82. The highest BCUT2D eigenvalue weighted by Crippen LogP contribution is 2.18. The maximum atomic E-state index is 12.6. The Hall–Kier alpha value is -2.75. The van der Waals surface area contributed by atoms with Gasteiger partial charge in [0.05, 0.1) is 18.1 Å². The quantitative estimate of drug-likeness (QED) is 0.537. The van der Waals surface area contributed by atoms with Gasteiger partial charge in [0.15, 0.2) is 0 Å². The van der Waals surface area contributed by atoms with Gasteiger partial charge in [0.2, 0.25) is 11.9 Å². The third kappa shape index (κ3) is 5.24. The summed E-state index contributed by atoms with van der Waals surface area (Å²) in [6.07, 6.45) is 0. The number of aromatic amines is 1. The average molecular weight is 427 g/mol. The normalized spacial score (nSPS) is 15.7. The molecule has 1 aromatic heterocycles. The lowest BCUT2D eigenvalue weighted by atomic mass is 10.1. The minimum atomic E-state index is -1.14. The van der Waals surface area contributed by atoms with Gasteiger partial charge in [0.25, 0.3) is 0 Å². The average Bonchev–Trinajstić information content (AvgIpc) is 3.19. The maximum absolute atomic E-state index is 12.6. The van der Waals surface area contributed by atoms with E-state index in [0.717, 1.165) is 16.1 Å². The van der Waals surface area contributed by atoms with Crippen LogP contribution in [0.4, 0.5) is 17.6 Å². The van der Waals surface area contributed by atoms with Crippen LogP contribution in [0, 0.1) is 13.8 Å². The van der Waals surface area contributed by atoms with Crippen molar-refractivity contribution in [2.24, 2.45) is 0 Å². The van der Waals surface area contributed by atoms with Crippen LogP contribution in [0.2, 0.25) is 0 Å². The van der Waals surface area contributed by atoms with Gasteiger partial charge in [-0.05, 0) is 54.8 Å². The Morgan fingerprint density at radius 2 is 1.80 bits per heavy atom. The summed E-state index contributed by atoms with van der Waals surface area (Å²) >= 11 is 0. The van der Waals surface area contributed by atoms with Gasteiger partial charge in [-0.15, -0.1) is 5.10 Å². The van der Waals surface area contributed by atoms with Gasteiger partial charge < -0.3 is 15.4 Å². The summed E-state index contributed by atoms with van der Waals surface area (Å²) in [5.41, 5.74) is 4.41. The first kappa shape index (κ1) is 20.5. The monoisotopic (exact) mass is 426 g/mol. The molecule has 2 aromatic carbocycles. The Kier molecular flexibility index (Phi) is 6.41. The first-order valence-corrected chi connectivity index (χ1v) is 11.0. The van der Waals surface area contributed by atoms with Crippen molar-refractivity contribution in [2.45, 2.75) is 25.3 Å². The second-order valence-corrected chi connectivity index (χ2v) is 8.78. The Balaban J connectivity index is 1.32. The van der Waals surface area contributed by atoms with E-state index in [1.54, 1.807) is 0 Å². The fourth-order valence-corrected chi connectivity index (χ4v) is 4.49. The van der Waals surface area contributed by atoms with E-state index in [0.29, 0.717) is 44.7 Å². The lowest BCUT2D eigenvalue weighted by Crippen LogP contribution is -2.37. The molecule has 1 aliphatic heterocycles. The molecule has 9 heteroatoms. The zero-order valence-electron chi connectivity index (χ0n) is 17.1. The van der Waals surface area contributed by atoms with Crippen LogP contribution < -0.4 is 10.6 Å². The summed E-state index contributed by atoms with van der Waals surface area (Å²) in [7, 11) is -1.14. The third-order valence-corrected chi connectivity index (χ3v) is 6.26. The summed E-state index contributed by atoms with van der Waals surface area (Å²) in [6.45, 7) is 7.35.